The quantitative estimate of drug-likeness (QED) is 0.612. The second-order valence-electron chi connectivity index (χ2n) is 5.28. The summed E-state index contributed by atoms with van der Waals surface area (Å²) in [4.78, 5) is 1.34. The second-order valence-corrected chi connectivity index (χ2v) is 7.83. The minimum absolute atomic E-state index is 0.193. The molecule has 3 nitrogen and oxygen atoms in total. The number of rotatable bonds is 6. The molecule has 0 spiro atoms. The summed E-state index contributed by atoms with van der Waals surface area (Å²) in [5.74, 6) is 6.42. The highest BCUT2D eigenvalue weighted by Gasteiger charge is 2.30. The van der Waals surface area contributed by atoms with E-state index in [1.54, 1.807) is 11.3 Å². The molecule has 0 saturated heterocycles. The van der Waals surface area contributed by atoms with E-state index in [1.165, 1.54) is 40.8 Å². The molecule has 0 aromatic carbocycles. The molecule has 1 aromatic rings. The summed E-state index contributed by atoms with van der Waals surface area (Å²) in [5.41, 5.74) is 2.97. The Bertz CT molecular complexity index is 379. The van der Waals surface area contributed by atoms with Gasteiger partial charge in [0.2, 0.25) is 0 Å². The van der Waals surface area contributed by atoms with Gasteiger partial charge in [-0.1, -0.05) is 19.3 Å². The van der Waals surface area contributed by atoms with Gasteiger partial charge in [-0.2, -0.15) is 0 Å². The molecule has 19 heavy (non-hydrogen) atoms. The lowest BCUT2D eigenvalue weighted by Gasteiger charge is -2.34. The lowest BCUT2D eigenvalue weighted by atomic mass is 9.82. The van der Waals surface area contributed by atoms with Gasteiger partial charge < -0.3 is 4.74 Å². The van der Waals surface area contributed by atoms with Gasteiger partial charge in [-0.05, 0) is 46.8 Å². The highest BCUT2D eigenvalue weighted by atomic mass is 79.9. The Balaban J connectivity index is 2.00. The van der Waals surface area contributed by atoms with Crippen molar-refractivity contribution in [1.82, 2.24) is 5.43 Å². The van der Waals surface area contributed by atoms with Crippen LogP contribution >= 0.6 is 27.3 Å². The highest BCUT2D eigenvalue weighted by Crippen LogP contribution is 2.31. The molecule has 0 bridgehead atoms. The number of nitrogens with two attached hydrogens (primary N) is 1. The van der Waals surface area contributed by atoms with Gasteiger partial charge in [-0.3, -0.25) is 11.3 Å². The summed E-state index contributed by atoms with van der Waals surface area (Å²) in [6.45, 7) is 0. The van der Waals surface area contributed by atoms with E-state index in [2.05, 4.69) is 33.5 Å². The first kappa shape index (κ1) is 15.4. The molecule has 1 fully saturated rings. The van der Waals surface area contributed by atoms with Crippen LogP contribution in [0.2, 0.25) is 0 Å². The number of halogens is 1. The summed E-state index contributed by atoms with van der Waals surface area (Å²) in [6, 6.07) is 4.45. The number of methoxy groups -OCH3 is 1. The van der Waals surface area contributed by atoms with E-state index < -0.39 is 0 Å². The van der Waals surface area contributed by atoms with Crippen molar-refractivity contribution in [1.29, 1.82) is 0 Å². The number of thiophene rings is 1. The van der Waals surface area contributed by atoms with Crippen molar-refractivity contribution >= 4 is 27.3 Å². The van der Waals surface area contributed by atoms with Crippen LogP contribution in [0.5, 0.6) is 0 Å². The van der Waals surface area contributed by atoms with E-state index in [4.69, 9.17) is 10.6 Å². The number of hydrogen-bond acceptors (Lipinski definition) is 4. The Kier molecular flexibility index (Phi) is 6.29. The van der Waals surface area contributed by atoms with Gasteiger partial charge in [0, 0.05) is 18.4 Å². The molecule has 5 heteroatoms. The van der Waals surface area contributed by atoms with Crippen LogP contribution in [0.15, 0.2) is 15.9 Å². The zero-order chi connectivity index (χ0) is 13.7. The maximum Gasteiger partial charge on any atom is 0.0769 e. The Labute approximate surface area is 128 Å². The number of hydrazine groups is 1. The third-order valence-electron chi connectivity index (χ3n) is 4.05. The zero-order valence-corrected chi connectivity index (χ0v) is 13.8. The van der Waals surface area contributed by atoms with Crippen LogP contribution in [-0.2, 0) is 11.2 Å². The van der Waals surface area contributed by atoms with Crippen molar-refractivity contribution in [2.24, 2.45) is 11.8 Å². The maximum atomic E-state index is 5.77. The third-order valence-corrected chi connectivity index (χ3v) is 5.69. The Hall–Kier alpha value is 0.0600. The van der Waals surface area contributed by atoms with E-state index in [1.807, 2.05) is 7.11 Å². The SMILES string of the molecule is COC(C1CCCCC1)C(Cc1ccc(Br)s1)NN. The monoisotopic (exact) mass is 346 g/mol. The first-order valence-corrected chi connectivity index (χ1v) is 8.58. The minimum Gasteiger partial charge on any atom is -0.379 e. The van der Waals surface area contributed by atoms with E-state index in [0.717, 1.165) is 6.42 Å². The van der Waals surface area contributed by atoms with Crippen molar-refractivity contribution in [2.75, 3.05) is 7.11 Å². The molecule has 1 aromatic heterocycles. The molecule has 3 N–H and O–H groups in total. The first-order valence-electron chi connectivity index (χ1n) is 6.97. The molecule has 2 unspecified atom stereocenters. The van der Waals surface area contributed by atoms with Gasteiger partial charge in [0.25, 0.3) is 0 Å². The van der Waals surface area contributed by atoms with Gasteiger partial charge in [0.05, 0.1) is 15.9 Å². The summed E-state index contributed by atoms with van der Waals surface area (Å²) < 4.78 is 6.94. The molecule has 2 rings (SSSR count). The first-order chi connectivity index (χ1) is 9.24. The van der Waals surface area contributed by atoms with E-state index in [-0.39, 0.29) is 12.1 Å². The topological polar surface area (TPSA) is 47.3 Å². The summed E-state index contributed by atoms with van der Waals surface area (Å²) in [7, 11) is 1.81. The lowest BCUT2D eigenvalue weighted by Crippen LogP contribution is -2.49. The molecule has 0 aliphatic heterocycles. The Morgan fingerprint density at radius 1 is 1.42 bits per heavy atom. The Morgan fingerprint density at radius 3 is 2.68 bits per heavy atom. The van der Waals surface area contributed by atoms with Crippen molar-refractivity contribution < 1.29 is 4.74 Å². The van der Waals surface area contributed by atoms with Crippen LogP contribution in [0, 0.1) is 5.92 Å². The van der Waals surface area contributed by atoms with Gasteiger partial charge in [-0.25, -0.2) is 0 Å². The molecule has 2 atom stereocenters. The van der Waals surface area contributed by atoms with Crippen LogP contribution in [0.3, 0.4) is 0 Å². The largest absolute Gasteiger partial charge is 0.379 e. The van der Waals surface area contributed by atoms with Gasteiger partial charge in [0.15, 0.2) is 0 Å². The van der Waals surface area contributed by atoms with Crippen molar-refractivity contribution in [2.45, 2.75) is 50.7 Å². The molecular weight excluding hydrogens is 324 g/mol. The lowest BCUT2D eigenvalue weighted by molar-refractivity contribution is 0.00846. The number of ether oxygens (including phenoxy) is 1. The second kappa shape index (κ2) is 7.74. The third kappa shape index (κ3) is 4.26. The number of nitrogens with one attached hydrogen (secondary N) is 1. The van der Waals surface area contributed by atoms with Crippen LogP contribution in [0.4, 0.5) is 0 Å². The van der Waals surface area contributed by atoms with Crippen LogP contribution in [0.1, 0.15) is 37.0 Å². The highest BCUT2D eigenvalue weighted by molar-refractivity contribution is 9.11. The normalized spacial score (nSPS) is 20.4. The average molecular weight is 347 g/mol. The fourth-order valence-electron chi connectivity index (χ4n) is 3.10. The molecule has 1 aliphatic rings. The number of hydrogen-bond donors (Lipinski definition) is 2. The predicted molar refractivity (Wildman–Crippen MR) is 84.2 cm³/mol. The van der Waals surface area contributed by atoms with Crippen LogP contribution in [-0.4, -0.2) is 19.3 Å². The van der Waals surface area contributed by atoms with Gasteiger partial charge in [-0.15, -0.1) is 11.3 Å². The van der Waals surface area contributed by atoms with Crippen molar-refractivity contribution in [3.63, 3.8) is 0 Å². The van der Waals surface area contributed by atoms with E-state index in [0.29, 0.717) is 5.92 Å². The summed E-state index contributed by atoms with van der Waals surface area (Å²) >= 11 is 5.28. The van der Waals surface area contributed by atoms with Crippen molar-refractivity contribution in [3.8, 4) is 0 Å². The molecule has 1 aliphatic carbocycles. The molecule has 0 amide bonds. The average Bonchev–Trinajstić information content (AvgIpc) is 2.85. The molecule has 108 valence electrons. The fourth-order valence-corrected chi connectivity index (χ4v) is 4.64. The van der Waals surface area contributed by atoms with Gasteiger partial charge >= 0.3 is 0 Å². The molecule has 1 heterocycles. The molecule has 1 saturated carbocycles. The smallest absolute Gasteiger partial charge is 0.0769 e. The van der Waals surface area contributed by atoms with E-state index >= 15 is 0 Å². The standard InChI is InChI=1S/C14H23BrN2OS/c1-18-14(10-5-3-2-4-6-10)12(17-16)9-11-7-8-13(15)19-11/h7-8,10,12,14,17H,2-6,9,16H2,1H3. The zero-order valence-electron chi connectivity index (χ0n) is 11.4. The summed E-state index contributed by atoms with van der Waals surface area (Å²) in [5, 5.41) is 0. The van der Waals surface area contributed by atoms with Gasteiger partial charge in [0.1, 0.15) is 0 Å². The molecular formula is C14H23BrN2OS. The summed E-state index contributed by atoms with van der Waals surface area (Å²) in [6.07, 6.45) is 7.70. The van der Waals surface area contributed by atoms with Crippen LogP contribution in [0.25, 0.3) is 0 Å². The minimum atomic E-state index is 0.193. The predicted octanol–water partition coefficient (Wildman–Crippen LogP) is 3.48. The molecule has 0 radical (unpaired) electrons. The van der Waals surface area contributed by atoms with Crippen molar-refractivity contribution in [3.05, 3.63) is 20.8 Å². The fraction of sp³-hybridized carbons (Fsp3) is 0.714. The Morgan fingerprint density at radius 2 is 2.16 bits per heavy atom. The van der Waals surface area contributed by atoms with Crippen LogP contribution < -0.4 is 11.3 Å². The van der Waals surface area contributed by atoms with E-state index in [9.17, 15) is 0 Å². The maximum absolute atomic E-state index is 5.77.